The molecule has 14 heavy (non-hydrogen) atoms. The van der Waals surface area contributed by atoms with Gasteiger partial charge in [-0.2, -0.15) is 0 Å². The van der Waals surface area contributed by atoms with E-state index in [1.165, 1.54) is 11.1 Å². The molecular formula is C11H15Cl2N. The quantitative estimate of drug-likeness (QED) is 0.785. The molecule has 1 aliphatic rings. The van der Waals surface area contributed by atoms with Crippen molar-refractivity contribution >= 4 is 30.4 Å². The lowest BCUT2D eigenvalue weighted by Gasteiger charge is -2.13. The van der Waals surface area contributed by atoms with Crippen molar-refractivity contribution in [2.45, 2.75) is 6.42 Å². The molecule has 1 aliphatic heterocycles. The molecule has 0 atom stereocenters. The van der Waals surface area contributed by atoms with Crippen molar-refractivity contribution in [1.29, 1.82) is 0 Å². The third-order valence-electron chi connectivity index (χ3n) is 2.21. The minimum absolute atomic E-state index is 0. The Kier molecular flexibility index (Phi) is 6.64. The van der Waals surface area contributed by atoms with Gasteiger partial charge in [-0.3, -0.25) is 0 Å². The van der Waals surface area contributed by atoms with E-state index in [0.717, 1.165) is 19.5 Å². The monoisotopic (exact) mass is 231 g/mol. The Morgan fingerprint density at radius 2 is 1.71 bits per heavy atom. The van der Waals surface area contributed by atoms with Crippen molar-refractivity contribution in [2.75, 3.05) is 13.1 Å². The van der Waals surface area contributed by atoms with Crippen LogP contribution in [0.4, 0.5) is 0 Å². The van der Waals surface area contributed by atoms with Crippen LogP contribution in [0.5, 0.6) is 0 Å². The van der Waals surface area contributed by atoms with E-state index in [2.05, 4.69) is 41.7 Å². The highest BCUT2D eigenvalue weighted by molar-refractivity contribution is 5.85. The van der Waals surface area contributed by atoms with Crippen LogP contribution in [0.3, 0.4) is 0 Å². The van der Waals surface area contributed by atoms with Gasteiger partial charge in [-0.1, -0.05) is 36.4 Å². The summed E-state index contributed by atoms with van der Waals surface area (Å²) in [5.41, 5.74) is 2.85. The smallest absolute Gasteiger partial charge is 0.0140 e. The van der Waals surface area contributed by atoms with Crippen LogP contribution in [0.2, 0.25) is 0 Å². The molecule has 0 saturated carbocycles. The third kappa shape index (κ3) is 3.33. The van der Waals surface area contributed by atoms with Crippen molar-refractivity contribution in [1.82, 2.24) is 5.32 Å². The van der Waals surface area contributed by atoms with Crippen molar-refractivity contribution in [3.05, 3.63) is 42.0 Å². The average Bonchev–Trinajstić information content (AvgIpc) is 2.21. The normalized spacial score (nSPS) is 14.7. The first-order chi connectivity index (χ1) is 5.97. The van der Waals surface area contributed by atoms with E-state index < -0.39 is 0 Å². The zero-order chi connectivity index (χ0) is 8.23. The van der Waals surface area contributed by atoms with E-state index in [0.29, 0.717) is 0 Å². The van der Waals surface area contributed by atoms with Crippen molar-refractivity contribution in [3.63, 3.8) is 0 Å². The minimum Gasteiger partial charge on any atom is -0.313 e. The van der Waals surface area contributed by atoms with Crippen LogP contribution in [0.15, 0.2) is 36.4 Å². The van der Waals surface area contributed by atoms with Gasteiger partial charge in [0.1, 0.15) is 0 Å². The fraction of sp³-hybridized carbons (Fsp3) is 0.273. The van der Waals surface area contributed by atoms with Crippen LogP contribution >= 0.6 is 24.8 Å². The molecule has 0 amide bonds. The van der Waals surface area contributed by atoms with Crippen molar-refractivity contribution in [3.8, 4) is 0 Å². The van der Waals surface area contributed by atoms with Gasteiger partial charge in [0.05, 0.1) is 0 Å². The molecule has 0 fully saturated rings. The number of nitrogens with one attached hydrogen (secondary N) is 1. The van der Waals surface area contributed by atoms with Crippen molar-refractivity contribution in [2.24, 2.45) is 0 Å². The van der Waals surface area contributed by atoms with Gasteiger partial charge in [0.15, 0.2) is 0 Å². The van der Waals surface area contributed by atoms with Crippen LogP contribution in [-0.2, 0) is 0 Å². The minimum atomic E-state index is 0. The summed E-state index contributed by atoms with van der Waals surface area (Å²) in [4.78, 5) is 0. The molecule has 1 nitrogen and oxygen atoms in total. The number of halogens is 2. The number of benzene rings is 1. The Balaban J connectivity index is 0.000000845. The molecule has 0 saturated heterocycles. The first-order valence-corrected chi connectivity index (χ1v) is 4.42. The maximum absolute atomic E-state index is 3.31. The second kappa shape index (κ2) is 6.88. The van der Waals surface area contributed by atoms with Gasteiger partial charge >= 0.3 is 0 Å². The first kappa shape index (κ1) is 13.5. The predicted molar refractivity (Wildman–Crippen MR) is 66.4 cm³/mol. The Hall–Kier alpha value is -0.500. The first-order valence-electron chi connectivity index (χ1n) is 4.42. The Morgan fingerprint density at radius 1 is 1.00 bits per heavy atom. The molecule has 0 aliphatic carbocycles. The van der Waals surface area contributed by atoms with E-state index in [-0.39, 0.29) is 24.8 Å². The molecule has 1 heterocycles. The standard InChI is InChI=1S/C11H13N.2ClH/c1-2-4-10(5-3-1)11-6-8-12-9-7-11;;/h1-6,12H,7-9H2;2*1H. The van der Waals surface area contributed by atoms with Crippen LogP contribution in [0, 0.1) is 0 Å². The average molecular weight is 232 g/mol. The topological polar surface area (TPSA) is 12.0 Å². The molecule has 0 unspecified atom stereocenters. The number of hydrogen-bond donors (Lipinski definition) is 1. The summed E-state index contributed by atoms with van der Waals surface area (Å²) in [5, 5.41) is 3.31. The van der Waals surface area contributed by atoms with Gasteiger partial charge in [-0.15, -0.1) is 24.8 Å². The summed E-state index contributed by atoms with van der Waals surface area (Å²) in [6.07, 6.45) is 3.43. The molecule has 0 bridgehead atoms. The summed E-state index contributed by atoms with van der Waals surface area (Å²) < 4.78 is 0. The molecular weight excluding hydrogens is 217 g/mol. The predicted octanol–water partition coefficient (Wildman–Crippen LogP) is 2.91. The molecule has 78 valence electrons. The van der Waals surface area contributed by atoms with Crippen LogP contribution in [0.25, 0.3) is 5.57 Å². The maximum Gasteiger partial charge on any atom is 0.0140 e. The Morgan fingerprint density at radius 3 is 2.29 bits per heavy atom. The van der Waals surface area contributed by atoms with Gasteiger partial charge in [-0.25, -0.2) is 0 Å². The van der Waals surface area contributed by atoms with E-state index in [4.69, 9.17) is 0 Å². The molecule has 0 aromatic heterocycles. The van der Waals surface area contributed by atoms with Gasteiger partial charge in [0.25, 0.3) is 0 Å². The number of rotatable bonds is 1. The second-order valence-electron chi connectivity index (χ2n) is 3.05. The largest absolute Gasteiger partial charge is 0.313 e. The molecule has 0 radical (unpaired) electrons. The summed E-state index contributed by atoms with van der Waals surface area (Å²) >= 11 is 0. The third-order valence-corrected chi connectivity index (χ3v) is 2.21. The fourth-order valence-corrected chi connectivity index (χ4v) is 1.54. The lowest BCUT2D eigenvalue weighted by Crippen LogP contribution is -2.19. The highest BCUT2D eigenvalue weighted by Crippen LogP contribution is 2.18. The molecule has 1 aromatic rings. The molecule has 1 N–H and O–H groups in total. The summed E-state index contributed by atoms with van der Waals surface area (Å²) in [7, 11) is 0. The van der Waals surface area contributed by atoms with Crippen LogP contribution in [-0.4, -0.2) is 13.1 Å². The van der Waals surface area contributed by atoms with Gasteiger partial charge in [0, 0.05) is 6.54 Å². The zero-order valence-electron chi connectivity index (χ0n) is 7.90. The van der Waals surface area contributed by atoms with Gasteiger partial charge < -0.3 is 5.32 Å². The van der Waals surface area contributed by atoms with Crippen LogP contribution < -0.4 is 5.32 Å². The van der Waals surface area contributed by atoms with Crippen LogP contribution in [0.1, 0.15) is 12.0 Å². The molecule has 3 heteroatoms. The lowest BCUT2D eigenvalue weighted by atomic mass is 10.0. The zero-order valence-corrected chi connectivity index (χ0v) is 9.53. The molecule has 2 rings (SSSR count). The summed E-state index contributed by atoms with van der Waals surface area (Å²) in [5.74, 6) is 0. The summed E-state index contributed by atoms with van der Waals surface area (Å²) in [6.45, 7) is 2.13. The fourth-order valence-electron chi connectivity index (χ4n) is 1.54. The highest BCUT2D eigenvalue weighted by atomic mass is 35.5. The van der Waals surface area contributed by atoms with Crippen molar-refractivity contribution < 1.29 is 0 Å². The van der Waals surface area contributed by atoms with Gasteiger partial charge in [-0.05, 0) is 24.1 Å². The second-order valence-corrected chi connectivity index (χ2v) is 3.05. The van der Waals surface area contributed by atoms with E-state index in [9.17, 15) is 0 Å². The highest BCUT2D eigenvalue weighted by Gasteiger charge is 2.03. The lowest BCUT2D eigenvalue weighted by molar-refractivity contribution is 0.738. The van der Waals surface area contributed by atoms with E-state index >= 15 is 0 Å². The maximum atomic E-state index is 3.31. The van der Waals surface area contributed by atoms with Gasteiger partial charge in [0.2, 0.25) is 0 Å². The Bertz CT molecular complexity index is 283. The van der Waals surface area contributed by atoms with E-state index in [1.807, 2.05) is 0 Å². The number of hydrogen-bond acceptors (Lipinski definition) is 1. The SMILES string of the molecule is C1=C(c2ccccc2)CCNC1.Cl.Cl. The van der Waals surface area contributed by atoms with E-state index in [1.54, 1.807) is 0 Å². The summed E-state index contributed by atoms with van der Waals surface area (Å²) in [6, 6.07) is 10.6. The molecule has 1 aromatic carbocycles. The molecule has 0 spiro atoms. The Labute approximate surface area is 97.4 Å².